The summed E-state index contributed by atoms with van der Waals surface area (Å²) in [4.78, 5) is 24.1. The zero-order valence-corrected chi connectivity index (χ0v) is 19.9. The van der Waals surface area contributed by atoms with Crippen molar-refractivity contribution in [1.29, 1.82) is 0 Å². The van der Waals surface area contributed by atoms with Crippen LogP contribution in [0.2, 0.25) is 0 Å². The molecule has 4 heterocycles. The molecule has 2 fully saturated rings. The highest BCUT2D eigenvalue weighted by atomic mass is 32.1. The number of aryl methyl sites for hydroxylation is 1. The number of aromatic nitrogens is 2. The lowest BCUT2D eigenvalue weighted by Crippen LogP contribution is -2.48. The molecule has 3 N–H and O–H groups in total. The van der Waals surface area contributed by atoms with Crippen LogP contribution in [0.1, 0.15) is 40.9 Å². The molecule has 2 aliphatic rings. The van der Waals surface area contributed by atoms with E-state index in [0.717, 1.165) is 62.9 Å². The molecular weight excluding hydrogens is 457 g/mol. The maximum Gasteiger partial charge on any atom is 0.259 e. The Morgan fingerprint density at radius 3 is 2.91 bits per heavy atom. The average Bonchev–Trinajstić information content (AvgIpc) is 3.19. The van der Waals surface area contributed by atoms with Crippen molar-refractivity contribution >= 4 is 39.0 Å². The van der Waals surface area contributed by atoms with Gasteiger partial charge in [-0.15, -0.1) is 11.3 Å². The fraction of sp³-hybridized carbons (Fsp3) is 0.458. The van der Waals surface area contributed by atoms with Gasteiger partial charge in [-0.3, -0.25) is 9.69 Å². The number of nitrogens with zero attached hydrogens (tertiary/aromatic N) is 3. The number of nitrogens with two attached hydrogens (primary N) is 1. The Morgan fingerprint density at radius 2 is 2.12 bits per heavy atom. The van der Waals surface area contributed by atoms with Gasteiger partial charge in [0, 0.05) is 31.9 Å². The number of fused-ring (bicyclic) bond motifs is 1. The van der Waals surface area contributed by atoms with Gasteiger partial charge in [0.25, 0.3) is 5.91 Å². The number of amides is 1. The molecular formula is C24H28FN5O3S. The maximum atomic E-state index is 14.2. The lowest BCUT2D eigenvalue weighted by Gasteiger charge is -2.39. The molecule has 0 spiro atoms. The molecule has 0 radical (unpaired) electrons. The van der Waals surface area contributed by atoms with E-state index in [1.165, 1.54) is 29.8 Å². The number of hydrogen-bond acceptors (Lipinski definition) is 8. The minimum Gasteiger partial charge on any atom is -0.487 e. The van der Waals surface area contributed by atoms with E-state index in [2.05, 4.69) is 20.2 Å². The molecule has 8 nitrogen and oxygen atoms in total. The number of likely N-dealkylation sites (tertiary alicyclic amines) is 1. The van der Waals surface area contributed by atoms with E-state index in [0.29, 0.717) is 33.0 Å². The predicted octanol–water partition coefficient (Wildman–Crippen LogP) is 4.00. The zero-order valence-electron chi connectivity index (χ0n) is 19.1. The number of piperidine rings is 1. The highest BCUT2D eigenvalue weighted by Crippen LogP contribution is 2.37. The molecule has 5 rings (SSSR count). The van der Waals surface area contributed by atoms with Crippen LogP contribution in [0.5, 0.6) is 5.75 Å². The second-order valence-electron chi connectivity index (χ2n) is 8.81. The maximum absolute atomic E-state index is 14.2. The van der Waals surface area contributed by atoms with Gasteiger partial charge >= 0.3 is 0 Å². The van der Waals surface area contributed by atoms with Crippen molar-refractivity contribution in [2.24, 2.45) is 5.73 Å². The Balaban J connectivity index is 1.39. The molecule has 2 aromatic heterocycles. The van der Waals surface area contributed by atoms with E-state index in [1.807, 2.05) is 6.92 Å². The molecule has 0 aliphatic carbocycles. The third-order valence-electron chi connectivity index (χ3n) is 6.56. The molecule has 2 aliphatic heterocycles. The highest BCUT2D eigenvalue weighted by Gasteiger charge is 2.29. The van der Waals surface area contributed by atoms with Crippen molar-refractivity contribution in [2.45, 2.75) is 44.8 Å². The summed E-state index contributed by atoms with van der Waals surface area (Å²) < 4.78 is 26.1. The molecule has 180 valence electrons. The van der Waals surface area contributed by atoms with Crippen molar-refractivity contribution in [2.75, 3.05) is 31.6 Å². The van der Waals surface area contributed by atoms with E-state index in [-0.39, 0.29) is 11.9 Å². The van der Waals surface area contributed by atoms with Crippen LogP contribution in [0.4, 0.5) is 15.9 Å². The Labute approximate surface area is 201 Å². The Kier molecular flexibility index (Phi) is 6.62. The molecule has 2 saturated heterocycles. The monoisotopic (exact) mass is 485 g/mol. The summed E-state index contributed by atoms with van der Waals surface area (Å²) in [7, 11) is 0. The molecule has 10 heteroatoms. The fourth-order valence-electron chi connectivity index (χ4n) is 4.85. The third-order valence-corrected chi connectivity index (χ3v) is 7.77. The van der Waals surface area contributed by atoms with Crippen molar-refractivity contribution in [3.63, 3.8) is 0 Å². The summed E-state index contributed by atoms with van der Waals surface area (Å²) in [6, 6.07) is 4.95. The number of carbonyl (C=O) groups excluding carboxylic acids is 1. The van der Waals surface area contributed by atoms with Crippen LogP contribution in [0.3, 0.4) is 0 Å². The first kappa shape index (κ1) is 22.9. The molecule has 1 aromatic carbocycles. The molecule has 0 saturated carbocycles. The number of benzene rings is 1. The van der Waals surface area contributed by atoms with E-state index >= 15 is 0 Å². The van der Waals surface area contributed by atoms with Crippen LogP contribution in [0.15, 0.2) is 24.5 Å². The van der Waals surface area contributed by atoms with Crippen LogP contribution in [0, 0.1) is 12.7 Å². The summed E-state index contributed by atoms with van der Waals surface area (Å²) in [5.74, 6) is 0.0978. The van der Waals surface area contributed by atoms with Crippen molar-refractivity contribution < 1.29 is 18.7 Å². The van der Waals surface area contributed by atoms with Crippen LogP contribution < -0.4 is 15.8 Å². The number of nitrogens with one attached hydrogen (secondary N) is 1. The largest absolute Gasteiger partial charge is 0.487 e. The van der Waals surface area contributed by atoms with E-state index in [1.54, 1.807) is 6.07 Å². The minimum atomic E-state index is -0.497. The molecule has 34 heavy (non-hydrogen) atoms. The van der Waals surface area contributed by atoms with Gasteiger partial charge in [-0.05, 0) is 56.8 Å². The molecule has 1 atom stereocenters. The summed E-state index contributed by atoms with van der Waals surface area (Å²) in [5, 5.41) is 4.00. The van der Waals surface area contributed by atoms with Gasteiger partial charge in [0.15, 0.2) is 0 Å². The smallest absolute Gasteiger partial charge is 0.259 e. The van der Waals surface area contributed by atoms with Crippen LogP contribution in [-0.2, 0) is 4.74 Å². The number of rotatable bonds is 6. The molecule has 1 amide bonds. The van der Waals surface area contributed by atoms with Gasteiger partial charge in [-0.1, -0.05) is 0 Å². The average molecular weight is 486 g/mol. The molecule has 3 aromatic rings. The van der Waals surface area contributed by atoms with Crippen LogP contribution in [0.25, 0.3) is 10.2 Å². The van der Waals surface area contributed by atoms with Gasteiger partial charge in [0.2, 0.25) is 0 Å². The third kappa shape index (κ3) is 4.70. The summed E-state index contributed by atoms with van der Waals surface area (Å²) in [6.07, 6.45) is 5.43. The summed E-state index contributed by atoms with van der Waals surface area (Å²) in [5.41, 5.74) is 6.85. The van der Waals surface area contributed by atoms with Crippen molar-refractivity contribution in [3.05, 3.63) is 40.8 Å². The molecule has 0 unspecified atom stereocenters. The number of ether oxygens (including phenoxy) is 2. The van der Waals surface area contributed by atoms with Gasteiger partial charge in [0.05, 0.1) is 16.0 Å². The second-order valence-corrected chi connectivity index (χ2v) is 9.81. The predicted molar refractivity (Wildman–Crippen MR) is 129 cm³/mol. The fourth-order valence-corrected chi connectivity index (χ4v) is 5.85. The summed E-state index contributed by atoms with van der Waals surface area (Å²) in [6.45, 7) is 5.29. The first-order valence-corrected chi connectivity index (χ1v) is 12.4. The van der Waals surface area contributed by atoms with E-state index in [9.17, 15) is 9.18 Å². The minimum absolute atomic E-state index is 0.0336. The standard InChI is InChI=1S/C24H28FN5O3S/c1-14-20-23(27-13-28-24(20)34-21(14)22(26)31)29-18-5-4-15(25)11-19(18)33-17-3-2-8-30(12-17)16-6-9-32-10-7-16/h4-5,11,13,16-17H,2-3,6-10,12H2,1H3,(H2,26,31)(H,27,28,29)/t17-/m1/s1. The Morgan fingerprint density at radius 1 is 1.29 bits per heavy atom. The topological polar surface area (TPSA) is 103 Å². The van der Waals surface area contributed by atoms with Crippen LogP contribution in [-0.4, -0.2) is 59.2 Å². The van der Waals surface area contributed by atoms with Gasteiger partial charge in [-0.2, -0.15) is 0 Å². The number of anilines is 2. The number of carbonyl (C=O) groups is 1. The number of hydrogen-bond donors (Lipinski definition) is 2. The van der Waals surface area contributed by atoms with Gasteiger partial charge in [0.1, 0.15) is 34.6 Å². The first-order chi connectivity index (χ1) is 16.5. The molecule has 0 bridgehead atoms. The first-order valence-electron chi connectivity index (χ1n) is 11.6. The number of primary amides is 1. The number of halogens is 1. The van der Waals surface area contributed by atoms with E-state index in [4.69, 9.17) is 15.2 Å². The lowest BCUT2D eigenvalue weighted by molar-refractivity contribution is 0.00225. The SMILES string of the molecule is Cc1c(C(N)=O)sc2ncnc(Nc3ccc(F)cc3O[C@@H]3CCCN(C4CCOCC4)C3)c12. The Hall–Kier alpha value is -2.82. The Bertz CT molecular complexity index is 1200. The lowest BCUT2D eigenvalue weighted by atomic mass is 10.0. The van der Waals surface area contributed by atoms with Gasteiger partial charge in [-0.25, -0.2) is 14.4 Å². The zero-order chi connectivity index (χ0) is 23.7. The van der Waals surface area contributed by atoms with Crippen molar-refractivity contribution in [1.82, 2.24) is 14.9 Å². The normalized spacial score (nSPS) is 19.9. The summed E-state index contributed by atoms with van der Waals surface area (Å²) >= 11 is 1.23. The quantitative estimate of drug-likeness (QED) is 0.544. The number of thiophene rings is 1. The van der Waals surface area contributed by atoms with Crippen molar-refractivity contribution in [3.8, 4) is 5.75 Å². The highest BCUT2D eigenvalue weighted by molar-refractivity contribution is 7.20. The van der Waals surface area contributed by atoms with Gasteiger partial charge < -0.3 is 20.5 Å². The second kappa shape index (κ2) is 9.81. The van der Waals surface area contributed by atoms with Crippen LogP contribution >= 0.6 is 11.3 Å². The van der Waals surface area contributed by atoms with E-state index < -0.39 is 5.91 Å².